The normalized spacial score (nSPS) is 16.9. The lowest BCUT2D eigenvalue weighted by Crippen LogP contribution is -2.41. The van der Waals surface area contributed by atoms with Gasteiger partial charge >= 0.3 is 12.4 Å². The van der Waals surface area contributed by atoms with Gasteiger partial charge in [-0.05, 0) is 43.0 Å². The highest BCUT2D eigenvalue weighted by Gasteiger charge is 2.32. The van der Waals surface area contributed by atoms with Crippen molar-refractivity contribution < 1.29 is 22.7 Å². The number of alkyl halides is 3. The highest BCUT2D eigenvalue weighted by atomic mass is 35.5. The first-order chi connectivity index (χ1) is 11.8. The minimum Gasteiger partial charge on any atom is -0.404 e. The van der Waals surface area contributed by atoms with Gasteiger partial charge in [-0.2, -0.15) is 5.10 Å². The summed E-state index contributed by atoms with van der Waals surface area (Å²) < 4.78 is 40.4. The van der Waals surface area contributed by atoms with Crippen LogP contribution in [-0.2, 0) is 12.8 Å². The first kappa shape index (κ1) is 17.4. The van der Waals surface area contributed by atoms with Crippen molar-refractivity contribution in [1.82, 2.24) is 15.5 Å². The van der Waals surface area contributed by atoms with E-state index in [0.29, 0.717) is 6.42 Å². The number of nitrogens with zero attached hydrogens (tertiary/aromatic N) is 1. The Morgan fingerprint density at radius 1 is 1.40 bits per heavy atom. The van der Waals surface area contributed by atoms with E-state index in [2.05, 4.69) is 25.6 Å². The van der Waals surface area contributed by atoms with Crippen LogP contribution in [0.1, 0.15) is 17.7 Å². The molecule has 0 aliphatic heterocycles. The molecule has 6 nitrogen and oxygen atoms in total. The van der Waals surface area contributed by atoms with Crippen molar-refractivity contribution in [3.63, 3.8) is 0 Å². The molecule has 1 atom stereocenters. The predicted molar refractivity (Wildman–Crippen MR) is 84.7 cm³/mol. The Balaban J connectivity index is 1.57. The van der Waals surface area contributed by atoms with Crippen LogP contribution in [0, 0.1) is 0 Å². The average Bonchev–Trinajstić information content (AvgIpc) is 2.96. The largest absolute Gasteiger partial charge is 0.573 e. The van der Waals surface area contributed by atoms with Gasteiger partial charge in [-0.3, -0.25) is 5.10 Å². The number of aromatic amines is 1. The second kappa shape index (κ2) is 6.83. The van der Waals surface area contributed by atoms with Crippen LogP contribution < -0.4 is 15.4 Å². The Kier molecular flexibility index (Phi) is 4.76. The van der Waals surface area contributed by atoms with Crippen molar-refractivity contribution in [3.8, 4) is 5.75 Å². The summed E-state index contributed by atoms with van der Waals surface area (Å²) in [7, 11) is 0. The molecule has 3 rings (SSSR count). The molecule has 0 bridgehead atoms. The SMILES string of the molecule is O=C(Nc1ccc(OC(F)(F)F)c(Cl)c1)NC1CCc2[nH]ncc2C1. The van der Waals surface area contributed by atoms with Gasteiger partial charge in [-0.1, -0.05) is 11.6 Å². The van der Waals surface area contributed by atoms with Gasteiger partial charge in [0.15, 0.2) is 0 Å². The summed E-state index contributed by atoms with van der Waals surface area (Å²) in [6, 6.07) is 3.01. The van der Waals surface area contributed by atoms with Crippen LogP contribution in [0.2, 0.25) is 5.02 Å². The fraction of sp³-hybridized carbons (Fsp3) is 0.333. The first-order valence-corrected chi connectivity index (χ1v) is 7.82. The van der Waals surface area contributed by atoms with Crippen LogP contribution >= 0.6 is 11.6 Å². The Morgan fingerprint density at radius 3 is 2.92 bits per heavy atom. The minimum atomic E-state index is -4.83. The lowest BCUT2D eigenvalue weighted by Gasteiger charge is -2.23. The quantitative estimate of drug-likeness (QED) is 0.767. The van der Waals surface area contributed by atoms with E-state index < -0.39 is 18.1 Å². The zero-order valence-corrected chi connectivity index (χ0v) is 13.5. The van der Waals surface area contributed by atoms with E-state index in [-0.39, 0.29) is 16.8 Å². The van der Waals surface area contributed by atoms with Crippen molar-refractivity contribution in [2.75, 3.05) is 5.32 Å². The molecule has 1 aromatic heterocycles. The molecule has 1 aliphatic carbocycles. The number of hydrogen-bond acceptors (Lipinski definition) is 3. The van der Waals surface area contributed by atoms with E-state index in [4.69, 9.17) is 11.6 Å². The number of hydrogen-bond donors (Lipinski definition) is 3. The van der Waals surface area contributed by atoms with Gasteiger partial charge in [0.25, 0.3) is 0 Å². The number of halogens is 4. The van der Waals surface area contributed by atoms with Gasteiger partial charge < -0.3 is 15.4 Å². The van der Waals surface area contributed by atoms with Crippen LogP contribution in [0.15, 0.2) is 24.4 Å². The van der Waals surface area contributed by atoms with E-state index in [9.17, 15) is 18.0 Å². The molecule has 0 radical (unpaired) electrons. The maximum atomic E-state index is 12.2. The highest BCUT2D eigenvalue weighted by Crippen LogP contribution is 2.32. The second-order valence-corrected chi connectivity index (χ2v) is 6.01. The van der Waals surface area contributed by atoms with Crippen molar-refractivity contribution in [2.45, 2.75) is 31.7 Å². The number of nitrogens with one attached hydrogen (secondary N) is 3. The molecule has 10 heteroatoms. The molecule has 3 N–H and O–H groups in total. The lowest BCUT2D eigenvalue weighted by atomic mass is 9.94. The molecule has 0 saturated heterocycles. The van der Waals surface area contributed by atoms with Crippen molar-refractivity contribution in [1.29, 1.82) is 0 Å². The summed E-state index contributed by atoms with van der Waals surface area (Å²) in [4.78, 5) is 12.1. The lowest BCUT2D eigenvalue weighted by molar-refractivity contribution is -0.274. The van der Waals surface area contributed by atoms with Crippen LogP contribution in [-0.4, -0.2) is 28.6 Å². The third kappa shape index (κ3) is 4.56. The molecule has 0 spiro atoms. The summed E-state index contributed by atoms with van der Waals surface area (Å²) >= 11 is 5.75. The molecule has 134 valence electrons. The van der Waals surface area contributed by atoms with Crippen LogP contribution in [0.3, 0.4) is 0 Å². The topological polar surface area (TPSA) is 79.0 Å². The van der Waals surface area contributed by atoms with E-state index >= 15 is 0 Å². The van der Waals surface area contributed by atoms with Gasteiger partial charge in [0.1, 0.15) is 5.75 Å². The molecule has 1 unspecified atom stereocenters. The Bertz CT molecular complexity index is 778. The molecule has 0 saturated carbocycles. The Morgan fingerprint density at radius 2 is 2.20 bits per heavy atom. The number of aromatic nitrogens is 2. The zero-order chi connectivity index (χ0) is 18.0. The van der Waals surface area contributed by atoms with Crippen molar-refractivity contribution in [3.05, 3.63) is 40.7 Å². The van der Waals surface area contributed by atoms with Gasteiger partial charge in [0, 0.05) is 17.4 Å². The fourth-order valence-electron chi connectivity index (χ4n) is 2.68. The monoisotopic (exact) mass is 374 g/mol. The third-order valence-electron chi connectivity index (χ3n) is 3.77. The standard InChI is InChI=1S/C15H14ClF3N4O2/c16-11-6-10(2-4-13(11)25-15(17,18)19)22-14(24)21-9-1-3-12-8(5-9)7-20-23-12/h2,4,6-7,9H,1,3,5H2,(H,20,23)(H2,21,22,24). The van der Waals surface area contributed by atoms with Crippen molar-refractivity contribution in [2.24, 2.45) is 0 Å². The van der Waals surface area contributed by atoms with E-state index in [1.54, 1.807) is 6.20 Å². The summed E-state index contributed by atoms with van der Waals surface area (Å²) in [6.45, 7) is 0. The van der Waals surface area contributed by atoms with Crippen LogP contribution in [0.4, 0.5) is 23.7 Å². The number of rotatable bonds is 3. The van der Waals surface area contributed by atoms with Gasteiger partial charge in [-0.15, -0.1) is 13.2 Å². The molecular formula is C15H14ClF3N4O2. The molecule has 2 amide bonds. The molecule has 2 aromatic rings. The minimum absolute atomic E-state index is 0.0478. The number of anilines is 1. The molecule has 25 heavy (non-hydrogen) atoms. The molecule has 1 heterocycles. The number of fused-ring (bicyclic) bond motifs is 1. The number of carbonyl (C=O) groups excluding carboxylic acids is 1. The number of carbonyl (C=O) groups is 1. The molecular weight excluding hydrogens is 361 g/mol. The van der Waals surface area contributed by atoms with Gasteiger partial charge in [0.2, 0.25) is 0 Å². The van der Waals surface area contributed by atoms with Crippen LogP contribution in [0.5, 0.6) is 5.75 Å². The Hall–Kier alpha value is -2.42. The number of benzene rings is 1. The number of amides is 2. The number of ether oxygens (including phenoxy) is 1. The number of H-pyrrole nitrogens is 1. The molecule has 0 fully saturated rings. The van der Waals surface area contributed by atoms with E-state index in [1.165, 1.54) is 12.1 Å². The van der Waals surface area contributed by atoms with E-state index in [1.807, 2.05) is 0 Å². The number of urea groups is 1. The maximum absolute atomic E-state index is 12.2. The number of aryl methyl sites for hydroxylation is 1. The predicted octanol–water partition coefficient (Wildman–Crippen LogP) is 3.64. The smallest absolute Gasteiger partial charge is 0.404 e. The first-order valence-electron chi connectivity index (χ1n) is 7.44. The summed E-state index contributed by atoms with van der Waals surface area (Å²) in [6.07, 6.45) is -0.876. The fourth-order valence-corrected chi connectivity index (χ4v) is 2.90. The molecule has 1 aliphatic rings. The average molecular weight is 375 g/mol. The van der Waals surface area contributed by atoms with Gasteiger partial charge in [0.05, 0.1) is 11.2 Å². The molecule has 1 aromatic carbocycles. The van der Waals surface area contributed by atoms with Crippen LogP contribution in [0.25, 0.3) is 0 Å². The van der Waals surface area contributed by atoms with Gasteiger partial charge in [-0.25, -0.2) is 4.79 Å². The highest BCUT2D eigenvalue weighted by molar-refractivity contribution is 6.32. The summed E-state index contributed by atoms with van der Waals surface area (Å²) in [5.41, 5.74) is 2.40. The van der Waals surface area contributed by atoms with E-state index in [0.717, 1.165) is 30.2 Å². The van der Waals surface area contributed by atoms with Crippen molar-refractivity contribution >= 4 is 23.3 Å². The summed E-state index contributed by atoms with van der Waals surface area (Å²) in [5, 5.41) is 12.0. The summed E-state index contributed by atoms with van der Waals surface area (Å²) in [5.74, 6) is -0.528. The zero-order valence-electron chi connectivity index (χ0n) is 12.8. The Labute approximate surface area is 145 Å². The third-order valence-corrected chi connectivity index (χ3v) is 4.06. The maximum Gasteiger partial charge on any atom is 0.573 e. The second-order valence-electron chi connectivity index (χ2n) is 5.60.